The summed E-state index contributed by atoms with van der Waals surface area (Å²) in [6, 6.07) is 15.5. The van der Waals surface area contributed by atoms with Crippen LogP contribution in [0.3, 0.4) is 0 Å². The predicted octanol–water partition coefficient (Wildman–Crippen LogP) is 4.51. The Morgan fingerprint density at radius 1 is 1.00 bits per heavy atom. The predicted molar refractivity (Wildman–Crippen MR) is 118 cm³/mol. The van der Waals surface area contributed by atoms with Gasteiger partial charge in [0.05, 0.1) is 17.2 Å². The molecule has 0 aliphatic heterocycles. The van der Waals surface area contributed by atoms with E-state index >= 15 is 0 Å². The van der Waals surface area contributed by atoms with Gasteiger partial charge in [-0.15, -0.1) is 0 Å². The first-order chi connectivity index (χ1) is 15.2. The fourth-order valence-electron chi connectivity index (χ4n) is 2.98. The maximum Gasteiger partial charge on any atom is 0.264 e. The Kier molecular flexibility index (Phi) is 7.09. The average molecular weight is 461 g/mol. The van der Waals surface area contributed by atoms with Crippen LogP contribution in [0.2, 0.25) is 0 Å². The van der Waals surface area contributed by atoms with Gasteiger partial charge in [0.1, 0.15) is 12.3 Å². The van der Waals surface area contributed by atoms with Crippen molar-refractivity contribution in [3.8, 4) is 5.75 Å². The van der Waals surface area contributed by atoms with Crippen molar-refractivity contribution in [1.82, 2.24) is 0 Å². The molecule has 0 aliphatic carbocycles. The highest BCUT2D eigenvalue weighted by Crippen LogP contribution is 2.32. The van der Waals surface area contributed by atoms with Gasteiger partial charge in [-0.2, -0.15) is 0 Å². The number of ether oxygens (including phenoxy) is 1. The molecule has 0 fully saturated rings. The lowest BCUT2D eigenvalue weighted by Gasteiger charge is -2.26. The summed E-state index contributed by atoms with van der Waals surface area (Å²) in [5.41, 5.74) is 1.05. The van der Waals surface area contributed by atoms with Gasteiger partial charge in [0, 0.05) is 11.8 Å². The summed E-state index contributed by atoms with van der Waals surface area (Å²) in [6.45, 7) is 3.26. The van der Waals surface area contributed by atoms with Crippen molar-refractivity contribution in [3.63, 3.8) is 0 Å². The third kappa shape index (κ3) is 5.23. The van der Waals surface area contributed by atoms with Gasteiger partial charge in [-0.05, 0) is 50.2 Å². The van der Waals surface area contributed by atoms with E-state index in [4.69, 9.17) is 4.74 Å². The van der Waals surface area contributed by atoms with Crippen LogP contribution in [0, 0.1) is 18.6 Å². The first kappa shape index (κ1) is 23.2. The van der Waals surface area contributed by atoms with E-state index < -0.39 is 34.1 Å². The van der Waals surface area contributed by atoms with E-state index in [0.717, 1.165) is 22.0 Å². The molecule has 0 aliphatic rings. The van der Waals surface area contributed by atoms with Gasteiger partial charge in [0.2, 0.25) is 5.91 Å². The molecule has 3 aromatic carbocycles. The molecule has 168 valence electrons. The van der Waals surface area contributed by atoms with Crippen LogP contribution >= 0.6 is 0 Å². The fourth-order valence-corrected chi connectivity index (χ4v) is 4.41. The maximum absolute atomic E-state index is 13.5. The number of benzene rings is 3. The minimum Gasteiger partial charge on any atom is -0.492 e. The topological polar surface area (TPSA) is 75.7 Å². The number of carbonyl (C=O) groups excluding carboxylic acids is 1. The van der Waals surface area contributed by atoms with Crippen LogP contribution in [0.5, 0.6) is 5.75 Å². The van der Waals surface area contributed by atoms with Gasteiger partial charge in [0.15, 0.2) is 11.6 Å². The largest absolute Gasteiger partial charge is 0.492 e. The van der Waals surface area contributed by atoms with Crippen molar-refractivity contribution in [3.05, 3.63) is 83.9 Å². The van der Waals surface area contributed by atoms with Crippen LogP contribution < -0.4 is 14.4 Å². The van der Waals surface area contributed by atoms with Crippen molar-refractivity contribution in [2.45, 2.75) is 18.7 Å². The second-order valence-electron chi connectivity index (χ2n) is 6.90. The van der Waals surface area contributed by atoms with Gasteiger partial charge < -0.3 is 10.1 Å². The molecule has 0 saturated carbocycles. The highest BCUT2D eigenvalue weighted by atomic mass is 32.2. The smallest absolute Gasteiger partial charge is 0.264 e. The van der Waals surface area contributed by atoms with E-state index in [0.29, 0.717) is 0 Å². The number of hydrogen-bond donors (Lipinski definition) is 1. The van der Waals surface area contributed by atoms with Gasteiger partial charge in [-0.3, -0.25) is 9.10 Å². The molecular weight excluding hydrogens is 438 g/mol. The van der Waals surface area contributed by atoms with Crippen LogP contribution in [0.4, 0.5) is 20.2 Å². The highest BCUT2D eigenvalue weighted by Gasteiger charge is 2.29. The van der Waals surface area contributed by atoms with E-state index in [2.05, 4.69) is 5.32 Å². The molecule has 0 atom stereocenters. The summed E-state index contributed by atoms with van der Waals surface area (Å²) in [5.74, 6) is -2.64. The molecule has 0 radical (unpaired) electrons. The van der Waals surface area contributed by atoms with Crippen molar-refractivity contribution in [2.75, 3.05) is 22.8 Å². The van der Waals surface area contributed by atoms with E-state index in [1.54, 1.807) is 37.3 Å². The van der Waals surface area contributed by atoms with E-state index in [1.807, 2.05) is 6.92 Å². The second kappa shape index (κ2) is 9.78. The van der Waals surface area contributed by atoms with Gasteiger partial charge in [-0.25, -0.2) is 17.2 Å². The maximum atomic E-state index is 13.5. The molecule has 0 heterocycles. The normalized spacial score (nSPS) is 11.1. The second-order valence-corrected chi connectivity index (χ2v) is 8.76. The van der Waals surface area contributed by atoms with Crippen LogP contribution in [0.15, 0.2) is 71.6 Å². The quantitative estimate of drug-likeness (QED) is 0.537. The molecule has 1 N–H and O–H groups in total. The number of sulfonamides is 1. The summed E-state index contributed by atoms with van der Waals surface area (Å²) < 4.78 is 60.1. The van der Waals surface area contributed by atoms with Crippen LogP contribution in [-0.4, -0.2) is 27.5 Å². The van der Waals surface area contributed by atoms with Crippen molar-refractivity contribution < 1.29 is 26.7 Å². The summed E-state index contributed by atoms with van der Waals surface area (Å²) >= 11 is 0. The molecule has 6 nitrogen and oxygen atoms in total. The number of amides is 1. The molecule has 0 aromatic heterocycles. The van der Waals surface area contributed by atoms with Gasteiger partial charge in [-0.1, -0.05) is 29.8 Å². The molecule has 0 unspecified atom stereocenters. The lowest BCUT2D eigenvalue weighted by atomic mass is 10.2. The van der Waals surface area contributed by atoms with Crippen molar-refractivity contribution >= 4 is 27.3 Å². The fraction of sp³-hybridized carbons (Fsp3) is 0.174. The summed E-state index contributed by atoms with van der Waals surface area (Å²) in [6.07, 6.45) is 0. The number of nitrogens with zero attached hydrogens (tertiary/aromatic N) is 1. The number of aryl methyl sites for hydroxylation is 1. The van der Waals surface area contributed by atoms with E-state index in [9.17, 15) is 22.0 Å². The third-order valence-corrected chi connectivity index (χ3v) is 6.31. The third-order valence-electron chi connectivity index (χ3n) is 4.53. The van der Waals surface area contributed by atoms with Crippen molar-refractivity contribution in [1.29, 1.82) is 0 Å². The monoisotopic (exact) mass is 460 g/mol. The molecule has 3 rings (SSSR count). The molecule has 1 amide bonds. The van der Waals surface area contributed by atoms with Gasteiger partial charge in [0.25, 0.3) is 10.0 Å². The summed E-state index contributed by atoms with van der Waals surface area (Å²) in [7, 11) is -4.16. The molecular formula is C23H22F2N2O4S. The zero-order valence-electron chi connectivity index (χ0n) is 17.5. The van der Waals surface area contributed by atoms with E-state index in [1.165, 1.54) is 24.3 Å². The SMILES string of the molecule is CCOc1ccccc1N(CC(=O)Nc1ccc(F)c(F)c1)S(=O)(=O)c1ccc(C)cc1. The Morgan fingerprint density at radius 3 is 2.34 bits per heavy atom. The molecule has 32 heavy (non-hydrogen) atoms. The number of rotatable bonds is 8. The van der Waals surface area contributed by atoms with Crippen LogP contribution in [0.1, 0.15) is 12.5 Å². The Balaban J connectivity index is 1.99. The Hall–Kier alpha value is -3.46. The number of hydrogen-bond acceptors (Lipinski definition) is 4. The Morgan fingerprint density at radius 2 is 1.69 bits per heavy atom. The average Bonchev–Trinajstić information content (AvgIpc) is 2.76. The number of carbonyl (C=O) groups is 1. The Bertz CT molecular complexity index is 1210. The number of anilines is 2. The minimum absolute atomic E-state index is 0.000299. The molecule has 0 saturated heterocycles. The summed E-state index contributed by atoms with van der Waals surface area (Å²) in [5, 5.41) is 2.40. The first-order valence-electron chi connectivity index (χ1n) is 9.78. The molecule has 0 spiro atoms. The number of halogens is 2. The molecule has 9 heteroatoms. The summed E-state index contributed by atoms with van der Waals surface area (Å²) in [4.78, 5) is 12.7. The minimum atomic E-state index is -4.16. The Labute approximate surface area is 185 Å². The number of para-hydroxylation sites is 2. The standard InChI is InChI=1S/C23H22F2N2O4S/c1-3-31-22-7-5-4-6-21(22)27(32(29,30)18-11-8-16(2)9-12-18)15-23(28)26-17-10-13-19(24)20(25)14-17/h4-14H,3,15H2,1-2H3,(H,26,28). The first-order valence-corrected chi connectivity index (χ1v) is 11.2. The lowest BCUT2D eigenvalue weighted by Crippen LogP contribution is -2.38. The van der Waals surface area contributed by atoms with Crippen LogP contribution in [0.25, 0.3) is 0 Å². The van der Waals surface area contributed by atoms with Crippen LogP contribution in [-0.2, 0) is 14.8 Å². The van der Waals surface area contributed by atoms with E-state index in [-0.39, 0.29) is 28.6 Å². The lowest BCUT2D eigenvalue weighted by molar-refractivity contribution is -0.114. The van der Waals surface area contributed by atoms with Gasteiger partial charge >= 0.3 is 0 Å². The zero-order chi connectivity index (χ0) is 23.3. The highest BCUT2D eigenvalue weighted by molar-refractivity contribution is 7.92. The zero-order valence-corrected chi connectivity index (χ0v) is 18.3. The molecule has 0 bridgehead atoms. The van der Waals surface area contributed by atoms with Crippen molar-refractivity contribution in [2.24, 2.45) is 0 Å². The number of nitrogens with one attached hydrogen (secondary N) is 1. The molecule has 3 aromatic rings.